The van der Waals surface area contributed by atoms with E-state index in [4.69, 9.17) is 10.5 Å². The summed E-state index contributed by atoms with van der Waals surface area (Å²) in [4.78, 5) is 16.2. The quantitative estimate of drug-likeness (QED) is 0.417. The van der Waals surface area contributed by atoms with Crippen LogP contribution in [0, 0.1) is 0 Å². The summed E-state index contributed by atoms with van der Waals surface area (Å²) in [5.41, 5.74) is 7.44. The molecule has 1 unspecified atom stereocenters. The van der Waals surface area contributed by atoms with Gasteiger partial charge in [-0.15, -0.1) is 10.2 Å². The SMILES string of the molecule is CCOCCCn1c(SC(C(N)=O)c2ccccc2)nnc1-c1ccncc1. The smallest absolute Gasteiger partial charge is 0.235 e. The molecule has 0 saturated carbocycles. The first-order valence-electron chi connectivity index (χ1n) is 9.13. The molecule has 146 valence electrons. The Bertz CT molecular complexity index is 886. The van der Waals surface area contributed by atoms with Gasteiger partial charge in [-0.25, -0.2) is 0 Å². The summed E-state index contributed by atoms with van der Waals surface area (Å²) in [6.45, 7) is 3.97. The van der Waals surface area contributed by atoms with Crippen LogP contribution in [0.2, 0.25) is 0 Å². The van der Waals surface area contributed by atoms with E-state index in [1.165, 1.54) is 11.8 Å². The second-order valence-electron chi connectivity index (χ2n) is 6.06. The normalized spacial score (nSPS) is 12.0. The molecule has 8 heteroatoms. The number of ether oxygens (including phenoxy) is 1. The van der Waals surface area contributed by atoms with E-state index in [1.54, 1.807) is 12.4 Å². The lowest BCUT2D eigenvalue weighted by atomic mass is 10.1. The number of carbonyl (C=O) groups excluding carboxylic acids is 1. The molecule has 0 saturated heterocycles. The molecule has 2 heterocycles. The average molecular weight is 398 g/mol. The summed E-state index contributed by atoms with van der Waals surface area (Å²) >= 11 is 1.31. The molecule has 3 rings (SSSR count). The van der Waals surface area contributed by atoms with Crippen LogP contribution >= 0.6 is 11.8 Å². The van der Waals surface area contributed by atoms with Gasteiger partial charge in [0.05, 0.1) is 0 Å². The van der Waals surface area contributed by atoms with Gasteiger partial charge in [0.25, 0.3) is 0 Å². The highest BCUT2D eigenvalue weighted by atomic mass is 32.2. The van der Waals surface area contributed by atoms with Gasteiger partial charge >= 0.3 is 0 Å². The number of benzene rings is 1. The lowest BCUT2D eigenvalue weighted by Gasteiger charge is -2.15. The van der Waals surface area contributed by atoms with Crippen molar-refractivity contribution >= 4 is 17.7 Å². The Morgan fingerprint density at radius 1 is 1.18 bits per heavy atom. The van der Waals surface area contributed by atoms with Crippen molar-refractivity contribution in [2.75, 3.05) is 13.2 Å². The number of hydrogen-bond donors (Lipinski definition) is 1. The molecular weight excluding hydrogens is 374 g/mol. The van der Waals surface area contributed by atoms with Crippen molar-refractivity contribution in [3.05, 3.63) is 60.4 Å². The first-order chi connectivity index (χ1) is 13.7. The summed E-state index contributed by atoms with van der Waals surface area (Å²) in [7, 11) is 0. The summed E-state index contributed by atoms with van der Waals surface area (Å²) in [5.74, 6) is 0.322. The standard InChI is InChI=1S/C20H23N5O2S/c1-2-27-14-6-13-25-19(16-9-11-22-12-10-16)23-24-20(25)28-17(18(21)26)15-7-4-3-5-8-15/h3-5,7-12,17H,2,6,13-14H2,1H3,(H2,21,26). The van der Waals surface area contributed by atoms with Crippen LogP contribution < -0.4 is 5.73 Å². The van der Waals surface area contributed by atoms with E-state index in [-0.39, 0.29) is 0 Å². The summed E-state index contributed by atoms with van der Waals surface area (Å²) < 4.78 is 7.47. The zero-order valence-electron chi connectivity index (χ0n) is 15.7. The van der Waals surface area contributed by atoms with Crippen LogP contribution in [-0.2, 0) is 16.1 Å². The van der Waals surface area contributed by atoms with Crippen LogP contribution in [0.1, 0.15) is 24.2 Å². The number of nitrogens with zero attached hydrogens (tertiary/aromatic N) is 4. The van der Waals surface area contributed by atoms with Crippen molar-refractivity contribution in [2.24, 2.45) is 5.73 Å². The topological polar surface area (TPSA) is 95.9 Å². The predicted molar refractivity (Wildman–Crippen MR) is 109 cm³/mol. The van der Waals surface area contributed by atoms with Crippen molar-refractivity contribution in [1.82, 2.24) is 19.7 Å². The van der Waals surface area contributed by atoms with E-state index in [0.717, 1.165) is 23.4 Å². The van der Waals surface area contributed by atoms with E-state index >= 15 is 0 Å². The molecule has 1 aromatic carbocycles. The van der Waals surface area contributed by atoms with Crippen molar-refractivity contribution in [1.29, 1.82) is 0 Å². The summed E-state index contributed by atoms with van der Waals surface area (Å²) in [6.07, 6.45) is 4.25. The van der Waals surface area contributed by atoms with Crippen LogP contribution in [0.15, 0.2) is 60.0 Å². The molecule has 3 aromatic rings. The van der Waals surface area contributed by atoms with Crippen LogP contribution in [0.5, 0.6) is 0 Å². The molecule has 2 aromatic heterocycles. The number of hydrogen-bond acceptors (Lipinski definition) is 6. The van der Waals surface area contributed by atoms with Gasteiger partial charge in [-0.3, -0.25) is 9.78 Å². The monoisotopic (exact) mass is 397 g/mol. The minimum absolute atomic E-state index is 0.412. The van der Waals surface area contributed by atoms with Gasteiger partial charge in [-0.05, 0) is 31.0 Å². The number of primary amides is 1. The fourth-order valence-electron chi connectivity index (χ4n) is 2.78. The molecule has 0 radical (unpaired) electrons. The van der Waals surface area contributed by atoms with E-state index in [2.05, 4.69) is 15.2 Å². The third kappa shape index (κ3) is 4.96. The number of amides is 1. The highest BCUT2D eigenvalue weighted by molar-refractivity contribution is 8.00. The second kappa shape index (κ2) is 10.0. The maximum Gasteiger partial charge on any atom is 0.235 e. The van der Waals surface area contributed by atoms with Gasteiger partial charge in [0.2, 0.25) is 5.91 Å². The molecule has 0 aliphatic rings. The van der Waals surface area contributed by atoms with E-state index in [9.17, 15) is 4.79 Å². The molecule has 1 atom stereocenters. The minimum Gasteiger partial charge on any atom is -0.382 e. The minimum atomic E-state index is -0.540. The Morgan fingerprint density at radius 3 is 2.61 bits per heavy atom. The molecule has 28 heavy (non-hydrogen) atoms. The molecular formula is C20H23N5O2S. The van der Waals surface area contributed by atoms with Crippen LogP contribution in [0.25, 0.3) is 11.4 Å². The van der Waals surface area contributed by atoms with Gasteiger partial charge in [-0.2, -0.15) is 0 Å². The molecule has 0 spiro atoms. The van der Waals surface area contributed by atoms with E-state index in [1.807, 2.05) is 54.0 Å². The summed E-state index contributed by atoms with van der Waals surface area (Å²) in [6, 6.07) is 13.2. The maximum absolute atomic E-state index is 12.1. The Morgan fingerprint density at radius 2 is 1.93 bits per heavy atom. The van der Waals surface area contributed by atoms with Crippen LogP contribution in [0.4, 0.5) is 0 Å². The van der Waals surface area contributed by atoms with Crippen molar-refractivity contribution in [2.45, 2.75) is 30.3 Å². The zero-order valence-corrected chi connectivity index (χ0v) is 16.5. The number of carbonyl (C=O) groups is 1. The third-order valence-corrected chi connectivity index (χ3v) is 5.37. The second-order valence-corrected chi connectivity index (χ2v) is 7.13. The average Bonchev–Trinajstić information content (AvgIpc) is 3.13. The predicted octanol–water partition coefficient (Wildman–Crippen LogP) is 3.09. The molecule has 7 nitrogen and oxygen atoms in total. The Balaban J connectivity index is 1.90. The Labute approximate surface area is 168 Å². The van der Waals surface area contributed by atoms with Crippen molar-refractivity contribution < 1.29 is 9.53 Å². The van der Waals surface area contributed by atoms with Crippen molar-refractivity contribution in [3.63, 3.8) is 0 Å². The number of thioether (sulfide) groups is 1. The van der Waals surface area contributed by atoms with E-state index in [0.29, 0.717) is 24.9 Å². The third-order valence-electron chi connectivity index (χ3n) is 4.11. The lowest BCUT2D eigenvalue weighted by Crippen LogP contribution is -2.19. The van der Waals surface area contributed by atoms with Gasteiger partial charge < -0.3 is 15.0 Å². The molecule has 0 bridgehead atoms. The van der Waals surface area contributed by atoms with Gasteiger partial charge in [0.1, 0.15) is 5.25 Å². The molecule has 2 N–H and O–H groups in total. The first-order valence-corrected chi connectivity index (χ1v) is 10.0. The zero-order chi connectivity index (χ0) is 19.8. The number of nitrogens with two attached hydrogens (primary N) is 1. The lowest BCUT2D eigenvalue weighted by molar-refractivity contribution is -0.117. The van der Waals surface area contributed by atoms with Crippen molar-refractivity contribution in [3.8, 4) is 11.4 Å². The number of rotatable bonds is 10. The Hall–Kier alpha value is -2.71. The summed E-state index contributed by atoms with van der Waals surface area (Å²) in [5, 5.41) is 8.82. The van der Waals surface area contributed by atoms with Crippen LogP contribution in [-0.4, -0.2) is 38.9 Å². The Kier molecular flexibility index (Phi) is 7.16. The highest BCUT2D eigenvalue weighted by Crippen LogP contribution is 2.35. The number of aromatic nitrogens is 4. The van der Waals surface area contributed by atoms with E-state index < -0.39 is 11.2 Å². The van der Waals surface area contributed by atoms with Crippen LogP contribution in [0.3, 0.4) is 0 Å². The van der Waals surface area contributed by atoms with Gasteiger partial charge in [0, 0.05) is 37.7 Å². The first kappa shape index (κ1) is 20.0. The highest BCUT2D eigenvalue weighted by Gasteiger charge is 2.24. The maximum atomic E-state index is 12.1. The largest absolute Gasteiger partial charge is 0.382 e. The molecule has 0 fully saturated rings. The fraction of sp³-hybridized carbons (Fsp3) is 0.300. The fourth-order valence-corrected chi connectivity index (χ4v) is 3.80. The molecule has 0 aliphatic heterocycles. The molecule has 1 amide bonds. The molecule has 0 aliphatic carbocycles. The van der Waals surface area contributed by atoms with Gasteiger partial charge in [0.15, 0.2) is 11.0 Å². The van der Waals surface area contributed by atoms with Gasteiger partial charge in [-0.1, -0.05) is 42.1 Å². The number of pyridine rings is 1.